The number of hydrogen-bond donors (Lipinski definition) is 1. The van der Waals surface area contributed by atoms with E-state index in [-0.39, 0.29) is 12.1 Å². The third-order valence-corrected chi connectivity index (χ3v) is 6.26. The third kappa shape index (κ3) is 3.03. The standard InChI is InChI=1S/C23H25N3O/c27-23-25-15-22(26(23)20-11-10-18-12-13-24-21(18)14-20)19-8-6-17(7-9-19)16-4-2-1-3-5-16/h6-11,13-14,16,22H,1-5,12,15H2,(H,25,27). The Bertz CT molecular complexity index is 881. The summed E-state index contributed by atoms with van der Waals surface area (Å²) in [6.07, 6.45) is 9.51. The fraction of sp³-hybridized carbons (Fsp3) is 0.391. The number of benzene rings is 2. The number of carbonyl (C=O) groups is 1. The van der Waals surface area contributed by atoms with Crippen molar-refractivity contribution in [3.63, 3.8) is 0 Å². The van der Waals surface area contributed by atoms with E-state index in [0.717, 1.165) is 17.8 Å². The molecule has 1 aliphatic carbocycles. The number of urea groups is 1. The van der Waals surface area contributed by atoms with Gasteiger partial charge in [0.05, 0.1) is 11.7 Å². The minimum Gasteiger partial charge on any atom is -0.335 e. The minimum atomic E-state index is -0.0294. The van der Waals surface area contributed by atoms with Crippen LogP contribution in [0.15, 0.2) is 47.5 Å². The molecule has 138 valence electrons. The Morgan fingerprint density at radius 1 is 0.963 bits per heavy atom. The second-order valence-corrected chi connectivity index (χ2v) is 7.90. The van der Waals surface area contributed by atoms with Crippen LogP contribution in [0.2, 0.25) is 0 Å². The van der Waals surface area contributed by atoms with E-state index >= 15 is 0 Å². The molecule has 0 spiro atoms. The maximum Gasteiger partial charge on any atom is 0.322 e. The summed E-state index contributed by atoms with van der Waals surface area (Å²) in [6.45, 7) is 0.641. The van der Waals surface area contributed by atoms with E-state index in [9.17, 15) is 4.79 Å². The van der Waals surface area contributed by atoms with Gasteiger partial charge in [-0.15, -0.1) is 0 Å². The highest BCUT2D eigenvalue weighted by atomic mass is 16.2. The number of hydrogen-bond acceptors (Lipinski definition) is 2. The third-order valence-electron chi connectivity index (χ3n) is 6.26. The number of carbonyl (C=O) groups excluding carboxylic acids is 1. The summed E-state index contributed by atoms with van der Waals surface area (Å²) in [6, 6.07) is 15.2. The van der Waals surface area contributed by atoms with Crippen LogP contribution >= 0.6 is 0 Å². The van der Waals surface area contributed by atoms with Crippen molar-refractivity contribution in [1.29, 1.82) is 0 Å². The molecule has 2 aromatic carbocycles. The largest absolute Gasteiger partial charge is 0.335 e. The molecule has 0 bridgehead atoms. The molecule has 2 amide bonds. The summed E-state index contributed by atoms with van der Waals surface area (Å²) in [5.41, 5.74) is 5.78. The van der Waals surface area contributed by atoms with Crippen molar-refractivity contribution in [2.75, 3.05) is 11.4 Å². The van der Waals surface area contributed by atoms with E-state index in [2.05, 4.69) is 40.6 Å². The first-order valence-corrected chi connectivity index (χ1v) is 10.1. The molecule has 0 aromatic heterocycles. The number of amides is 2. The average molecular weight is 359 g/mol. The lowest BCUT2D eigenvalue weighted by atomic mass is 9.83. The Hall–Kier alpha value is -2.62. The van der Waals surface area contributed by atoms with Crippen LogP contribution in [0.5, 0.6) is 0 Å². The van der Waals surface area contributed by atoms with Crippen LogP contribution in [0.25, 0.3) is 0 Å². The van der Waals surface area contributed by atoms with Crippen LogP contribution in [0.3, 0.4) is 0 Å². The van der Waals surface area contributed by atoms with E-state index < -0.39 is 0 Å². The van der Waals surface area contributed by atoms with Gasteiger partial charge < -0.3 is 5.32 Å². The molecule has 2 aromatic rings. The molecule has 4 nitrogen and oxygen atoms in total. The maximum atomic E-state index is 12.5. The first-order valence-electron chi connectivity index (χ1n) is 10.1. The molecule has 1 saturated heterocycles. The normalized spacial score (nSPS) is 22.1. The fourth-order valence-corrected chi connectivity index (χ4v) is 4.73. The zero-order valence-electron chi connectivity index (χ0n) is 15.5. The van der Waals surface area contributed by atoms with Crippen LogP contribution in [0, 0.1) is 0 Å². The number of nitrogens with one attached hydrogen (secondary N) is 1. The second kappa shape index (κ2) is 6.84. The van der Waals surface area contributed by atoms with E-state index in [1.807, 2.05) is 23.2 Å². The van der Waals surface area contributed by atoms with E-state index in [1.54, 1.807) is 0 Å². The highest BCUT2D eigenvalue weighted by molar-refractivity contribution is 5.96. The van der Waals surface area contributed by atoms with Crippen molar-refractivity contribution in [3.05, 3.63) is 59.2 Å². The average Bonchev–Trinajstić information content (AvgIpc) is 3.34. The molecule has 5 rings (SSSR count). The smallest absolute Gasteiger partial charge is 0.322 e. The Balaban J connectivity index is 1.41. The van der Waals surface area contributed by atoms with Crippen LogP contribution in [-0.2, 0) is 6.42 Å². The van der Waals surface area contributed by atoms with Crippen LogP contribution in [-0.4, -0.2) is 18.8 Å². The van der Waals surface area contributed by atoms with Gasteiger partial charge in [0.2, 0.25) is 0 Å². The van der Waals surface area contributed by atoms with Gasteiger partial charge in [0.1, 0.15) is 0 Å². The number of anilines is 1. The summed E-state index contributed by atoms with van der Waals surface area (Å²) in [4.78, 5) is 18.9. The molecule has 2 aliphatic heterocycles. The predicted molar refractivity (Wildman–Crippen MR) is 109 cm³/mol. The highest BCUT2D eigenvalue weighted by Gasteiger charge is 2.33. The van der Waals surface area contributed by atoms with E-state index in [1.165, 1.54) is 48.8 Å². The molecule has 1 N–H and O–H groups in total. The number of aliphatic imine (C=N–C) groups is 1. The number of rotatable bonds is 3. The molecule has 27 heavy (non-hydrogen) atoms. The van der Waals surface area contributed by atoms with Gasteiger partial charge in [0.25, 0.3) is 0 Å². The molecule has 3 aliphatic rings. The highest BCUT2D eigenvalue weighted by Crippen LogP contribution is 2.37. The number of fused-ring (bicyclic) bond motifs is 1. The molecular formula is C23H25N3O. The van der Waals surface area contributed by atoms with Gasteiger partial charge in [-0.05, 0) is 47.6 Å². The topological polar surface area (TPSA) is 44.7 Å². The quantitative estimate of drug-likeness (QED) is 0.798. The van der Waals surface area contributed by atoms with Gasteiger partial charge in [-0.3, -0.25) is 9.89 Å². The summed E-state index contributed by atoms with van der Waals surface area (Å²) in [5.74, 6) is 0.710. The lowest BCUT2D eigenvalue weighted by Gasteiger charge is -2.25. The van der Waals surface area contributed by atoms with Gasteiger partial charge in [-0.25, -0.2) is 4.79 Å². The van der Waals surface area contributed by atoms with Crippen molar-refractivity contribution in [1.82, 2.24) is 5.32 Å². The molecule has 1 unspecified atom stereocenters. The molecule has 1 saturated carbocycles. The van der Waals surface area contributed by atoms with Gasteiger partial charge in [-0.1, -0.05) is 49.6 Å². The summed E-state index contributed by atoms with van der Waals surface area (Å²) in [7, 11) is 0. The monoisotopic (exact) mass is 359 g/mol. The second-order valence-electron chi connectivity index (χ2n) is 7.90. The van der Waals surface area contributed by atoms with Crippen molar-refractivity contribution >= 4 is 23.6 Å². The van der Waals surface area contributed by atoms with Crippen molar-refractivity contribution < 1.29 is 4.79 Å². The summed E-state index contributed by atoms with van der Waals surface area (Å²) >= 11 is 0. The first-order chi connectivity index (χ1) is 13.3. The van der Waals surface area contributed by atoms with Gasteiger partial charge in [-0.2, -0.15) is 0 Å². The zero-order chi connectivity index (χ0) is 18.2. The molecule has 2 heterocycles. The van der Waals surface area contributed by atoms with Crippen molar-refractivity contribution in [2.24, 2.45) is 4.99 Å². The molecule has 0 radical (unpaired) electrons. The fourth-order valence-electron chi connectivity index (χ4n) is 4.73. The first kappa shape index (κ1) is 16.5. The zero-order valence-corrected chi connectivity index (χ0v) is 15.5. The van der Waals surface area contributed by atoms with Gasteiger partial charge >= 0.3 is 6.03 Å². The van der Waals surface area contributed by atoms with Crippen molar-refractivity contribution in [2.45, 2.75) is 50.5 Å². The Kier molecular flexibility index (Phi) is 4.19. The summed E-state index contributed by atoms with van der Waals surface area (Å²) < 4.78 is 0. The van der Waals surface area contributed by atoms with Crippen molar-refractivity contribution in [3.8, 4) is 0 Å². The SMILES string of the molecule is O=C1NCC(c2ccc(C3CCCCC3)cc2)N1c1ccc2c(c1)N=CC2. The van der Waals surface area contributed by atoms with Crippen LogP contribution in [0.1, 0.15) is 60.8 Å². The Morgan fingerprint density at radius 3 is 2.56 bits per heavy atom. The van der Waals surface area contributed by atoms with Gasteiger partial charge in [0, 0.05) is 24.9 Å². The van der Waals surface area contributed by atoms with Gasteiger partial charge in [0.15, 0.2) is 0 Å². The Labute approximate surface area is 160 Å². The predicted octanol–water partition coefficient (Wildman–Crippen LogP) is 5.26. The Morgan fingerprint density at radius 2 is 1.74 bits per heavy atom. The van der Waals surface area contributed by atoms with Crippen LogP contribution < -0.4 is 10.2 Å². The molecule has 4 heteroatoms. The summed E-state index contributed by atoms with van der Waals surface area (Å²) in [5, 5.41) is 3.01. The molecule has 2 fully saturated rings. The molecular weight excluding hydrogens is 334 g/mol. The lowest BCUT2D eigenvalue weighted by molar-refractivity contribution is 0.251. The van der Waals surface area contributed by atoms with E-state index in [4.69, 9.17) is 0 Å². The van der Waals surface area contributed by atoms with E-state index in [0.29, 0.717) is 12.5 Å². The number of nitrogens with zero attached hydrogens (tertiary/aromatic N) is 2. The van der Waals surface area contributed by atoms with Crippen LogP contribution in [0.4, 0.5) is 16.2 Å². The molecule has 1 atom stereocenters. The minimum absolute atomic E-state index is 0.0290. The lowest BCUT2D eigenvalue weighted by Crippen LogP contribution is -2.29. The maximum absolute atomic E-state index is 12.5.